The number of nitrogens with one attached hydrogen (secondary N) is 4. The lowest BCUT2D eigenvalue weighted by molar-refractivity contribution is 0.717. The summed E-state index contributed by atoms with van der Waals surface area (Å²) < 4.78 is 9.83. The van der Waals surface area contributed by atoms with Crippen molar-refractivity contribution in [1.29, 1.82) is 5.41 Å². The topological polar surface area (TPSA) is 82.7 Å². The zero-order chi connectivity index (χ0) is 47.5. The summed E-state index contributed by atoms with van der Waals surface area (Å²) in [5.74, 6) is 0. The van der Waals surface area contributed by atoms with Crippen LogP contribution in [-0.4, -0.2) is 34.2 Å². The van der Waals surface area contributed by atoms with Gasteiger partial charge in [0.2, 0.25) is 0 Å². The molecule has 0 bridgehead atoms. The minimum Gasteiger partial charge on any atom is -0.385 e. The number of aromatic nitrogens is 2. The molecule has 1 unspecified atom stereocenters. The number of hydrogen-bond acceptors (Lipinski definition) is 3. The first-order chi connectivity index (χ1) is 32.8. The quantitative estimate of drug-likeness (QED) is 0.0397. The number of allylic oxidation sites excluding steroid dienone is 19. The lowest BCUT2D eigenvalue weighted by Gasteiger charge is -2.33. The summed E-state index contributed by atoms with van der Waals surface area (Å²) in [7, 11) is 0. The highest BCUT2D eigenvalue weighted by molar-refractivity contribution is 14.1. The van der Waals surface area contributed by atoms with Gasteiger partial charge in [0.25, 0.3) is 6.72 Å². The summed E-state index contributed by atoms with van der Waals surface area (Å²) in [6.07, 6.45) is 40.7. The van der Waals surface area contributed by atoms with Crippen LogP contribution in [0.5, 0.6) is 0 Å². The van der Waals surface area contributed by atoms with Crippen molar-refractivity contribution in [2.45, 2.75) is 125 Å². The molecule has 0 fully saturated rings. The number of dihydropyridines is 1. The molecular formula is C60H70IN6+. The van der Waals surface area contributed by atoms with E-state index in [2.05, 4.69) is 160 Å². The minimum absolute atomic E-state index is 0.256. The van der Waals surface area contributed by atoms with Gasteiger partial charge in [-0.05, 0) is 191 Å². The molecule has 6 nitrogen and oxygen atoms in total. The SMILES string of the molecule is C=[N+]=C(/C=C\Cc1ccc2c(c1)c1cc3c4c(c1n2C1=CC(C)NC=C1)CC/C1=C/CC(=C)/C=C(/c2ccc(C(/C=C\C)=C/C)[nH]2)CC(=C14)CC3)C1=CCCCC1.CC.CC/C=C(\C=N)NI. The molecule has 1 atom stereocenters. The fourth-order valence-electron chi connectivity index (χ4n) is 10.3. The largest absolute Gasteiger partial charge is 0.385 e. The van der Waals surface area contributed by atoms with E-state index in [1.807, 2.05) is 49.7 Å². The molecule has 4 N–H and O–H groups in total. The van der Waals surface area contributed by atoms with Gasteiger partial charge in [0.05, 0.1) is 39.6 Å². The van der Waals surface area contributed by atoms with Crippen molar-refractivity contribution in [3.8, 4) is 0 Å². The number of hydrogen-bond donors (Lipinski definition) is 4. The van der Waals surface area contributed by atoms with Crippen LogP contribution in [0.2, 0.25) is 0 Å². The Morgan fingerprint density at radius 1 is 1.00 bits per heavy atom. The normalized spacial score (nSPS) is 19.8. The first kappa shape index (κ1) is 49.0. The van der Waals surface area contributed by atoms with E-state index < -0.39 is 0 Å². The van der Waals surface area contributed by atoms with E-state index in [9.17, 15) is 0 Å². The standard InChI is InChI=1S/C53H55N4.C5H9IN2.C2H6/c1-6-12-37(7-2)48-24-25-49(56-48)42-29-34(3)17-19-39-22-23-44-52-41(21-20-40(32-42)51(39)52)33-46-45-31-36(13-11-16-47(54-5)38-14-9-8-10-15-38)18-26-50(45)57(53(44)46)43-27-28-55-35(4)30-43;1-2-3-5(4-7)8-6;1-2/h6-7,11-12,14,16,18-19,24-31,33,35,55-56H,3,5,8-10,13,15,17,20-23,32H2,1-2,4H3;3-4,7-8H,2H2,1H3;1-2H3/q+1;;/b12-6-,16-11-,37-7+,39-19-,42-29+;5-3+,7-4?;. The van der Waals surface area contributed by atoms with Crippen molar-refractivity contribution >= 4 is 85.7 Å². The Kier molecular flexibility index (Phi) is 17.0. The molecular weight excluding hydrogens is 932 g/mol. The van der Waals surface area contributed by atoms with E-state index in [1.54, 1.807) is 5.57 Å². The minimum atomic E-state index is 0.256. The van der Waals surface area contributed by atoms with Gasteiger partial charge in [-0.1, -0.05) is 93.2 Å². The zero-order valence-electron chi connectivity index (χ0n) is 40.7. The number of H-pyrrole nitrogens is 1. The van der Waals surface area contributed by atoms with Crippen LogP contribution >= 0.6 is 22.9 Å². The number of halogens is 1. The van der Waals surface area contributed by atoms with Gasteiger partial charge in [-0.15, -0.1) is 4.67 Å². The van der Waals surface area contributed by atoms with Crippen molar-refractivity contribution in [2.24, 2.45) is 0 Å². The average Bonchev–Trinajstić information content (AvgIpc) is 3.99. The Bertz CT molecular complexity index is 2910. The molecule has 0 saturated carbocycles. The highest BCUT2D eigenvalue weighted by Crippen LogP contribution is 2.50. The van der Waals surface area contributed by atoms with Gasteiger partial charge in [0, 0.05) is 51.8 Å². The van der Waals surface area contributed by atoms with Crippen LogP contribution in [0.25, 0.3) is 44.2 Å². The molecule has 3 heterocycles. The van der Waals surface area contributed by atoms with Crippen LogP contribution in [0.15, 0.2) is 144 Å². The first-order valence-corrected chi connectivity index (χ1v) is 25.7. The summed E-state index contributed by atoms with van der Waals surface area (Å²) in [6, 6.07) is 14.5. The molecule has 346 valence electrons. The van der Waals surface area contributed by atoms with E-state index in [0.29, 0.717) is 0 Å². The Morgan fingerprint density at radius 3 is 2.55 bits per heavy atom. The fourth-order valence-corrected chi connectivity index (χ4v) is 10.7. The van der Waals surface area contributed by atoms with Crippen molar-refractivity contribution < 1.29 is 0 Å². The Morgan fingerprint density at radius 2 is 1.85 bits per heavy atom. The zero-order valence-corrected chi connectivity index (χ0v) is 42.9. The highest BCUT2D eigenvalue weighted by atomic mass is 127. The third-order valence-corrected chi connectivity index (χ3v) is 14.0. The number of benzene rings is 2. The number of nitrogens with zero attached hydrogens (tertiary/aromatic N) is 2. The van der Waals surface area contributed by atoms with Crippen molar-refractivity contribution in [3.05, 3.63) is 178 Å². The maximum absolute atomic E-state index is 6.80. The smallest absolute Gasteiger partial charge is 0.328 e. The van der Waals surface area contributed by atoms with Crippen LogP contribution in [0.3, 0.4) is 0 Å². The van der Waals surface area contributed by atoms with Gasteiger partial charge in [0.1, 0.15) is 0 Å². The molecule has 1 aliphatic heterocycles. The number of aromatic amines is 1. The Hall–Kier alpha value is -5.89. The van der Waals surface area contributed by atoms with E-state index >= 15 is 0 Å². The fraction of sp³-hybridized carbons (Fsp3) is 0.317. The van der Waals surface area contributed by atoms with Gasteiger partial charge in [-0.3, -0.25) is 0 Å². The molecule has 4 aliphatic carbocycles. The van der Waals surface area contributed by atoms with E-state index in [4.69, 9.17) is 5.41 Å². The van der Waals surface area contributed by atoms with Crippen LogP contribution in [0.1, 0.15) is 133 Å². The predicted molar refractivity (Wildman–Crippen MR) is 302 cm³/mol. The molecule has 0 saturated heterocycles. The summed E-state index contributed by atoms with van der Waals surface area (Å²) in [6.45, 7) is 20.9. The van der Waals surface area contributed by atoms with Crippen LogP contribution in [0, 0.1) is 5.41 Å². The average molecular weight is 1000 g/mol. The molecule has 0 radical (unpaired) electrons. The van der Waals surface area contributed by atoms with Crippen molar-refractivity contribution in [3.63, 3.8) is 0 Å². The van der Waals surface area contributed by atoms with Crippen LogP contribution < -0.4 is 13.5 Å². The predicted octanol–water partition coefficient (Wildman–Crippen LogP) is 15.2. The Balaban J connectivity index is 0.000000605. The maximum Gasteiger partial charge on any atom is 0.328 e. The molecule has 5 aliphatic rings. The van der Waals surface area contributed by atoms with Crippen LogP contribution in [-0.2, 0) is 19.3 Å². The van der Waals surface area contributed by atoms with Gasteiger partial charge in [-0.2, -0.15) is 0 Å². The number of rotatable bonds is 11. The molecule has 7 heteroatoms. The van der Waals surface area contributed by atoms with Gasteiger partial charge >= 0.3 is 5.71 Å². The van der Waals surface area contributed by atoms with E-state index in [-0.39, 0.29) is 6.04 Å². The van der Waals surface area contributed by atoms with Gasteiger partial charge in [-0.25, -0.2) is 0 Å². The molecule has 67 heavy (non-hydrogen) atoms. The molecule has 4 aromatic rings. The second-order valence-corrected chi connectivity index (χ2v) is 18.3. The van der Waals surface area contributed by atoms with Crippen LogP contribution in [0.4, 0.5) is 0 Å². The molecule has 0 spiro atoms. The second kappa shape index (κ2) is 23.2. The Labute approximate surface area is 414 Å². The first-order valence-electron chi connectivity index (χ1n) is 24.6. The molecule has 2 aromatic carbocycles. The van der Waals surface area contributed by atoms with Gasteiger partial charge in [0.15, 0.2) is 0 Å². The maximum atomic E-state index is 6.80. The molecule has 9 rings (SSSR count). The molecule has 2 aromatic heterocycles. The summed E-state index contributed by atoms with van der Waals surface area (Å²) >= 11 is 2.00. The van der Waals surface area contributed by atoms with Gasteiger partial charge < -0.3 is 23.8 Å². The monoisotopic (exact) mass is 1000 g/mol. The molecule has 0 amide bonds. The number of fused-ring (bicyclic) bond motifs is 4. The summed E-state index contributed by atoms with van der Waals surface area (Å²) in [4.78, 5) is 3.78. The summed E-state index contributed by atoms with van der Waals surface area (Å²) in [5, 5.41) is 13.0. The summed E-state index contributed by atoms with van der Waals surface area (Å²) in [5.41, 5.74) is 23.6. The third-order valence-electron chi connectivity index (χ3n) is 13.4. The lowest BCUT2D eigenvalue weighted by atomic mass is 9.72. The number of aryl methyl sites for hydroxylation is 2. The third kappa shape index (κ3) is 10.8. The van der Waals surface area contributed by atoms with Crippen molar-refractivity contribution in [2.75, 3.05) is 0 Å². The van der Waals surface area contributed by atoms with Crippen molar-refractivity contribution in [1.82, 2.24) is 23.1 Å². The van der Waals surface area contributed by atoms with E-state index in [1.165, 1.54) is 108 Å². The lowest BCUT2D eigenvalue weighted by Crippen LogP contribution is -2.22. The van der Waals surface area contributed by atoms with E-state index in [0.717, 1.165) is 81.3 Å². The second-order valence-electron chi connectivity index (χ2n) is 17.7. The highest BCUT2D eigenvalue weighted by Gasteiger charge is 2.33.